The van der Waals surface area contributed by atoms with Crippen LogP contribution in [0.4, 0.5) is 13.2 Å². The molecule has 0 radical (unpaired) electrons. The second-order valence-electron chi connectivity index (χ2n) is 6.63. The monoisotopic (exact) mass is 388 g/mol. The molecule has 0 atom stereocenters. The third kappa shape index (κ3) is 5.49. The Hall–Kier alpha value is -3.02. The molecule has 146 valence electrons. The Bertz CT molecular complexity index is 875. The van der Waals surface area contributed by atoms with E-state index >= 15 is 0 Å². The molecule has 1 aliphatic rings. The van der Waals surface area contributed by atoms with E-state index in [1.165, 1.54) is 31.1 Å². The van der Waals surface area contributed by atoms with Gasteiger partial charge in [0, 0.05) is 6.08 Å². The molecule has 0 unspecified atom stereocenters. The van der Waals surface area contributed by atoms with E-state index in [0.717, 1.165) is 29.5 Å². The van der Waals surface area contributed by atoms with E-state index in [1.54, 1.807) is 30.3 Å². The molecule has 28 heavy (non-hydrogen) atoms. The number of ether oxygens (including phenoxy) is 1. The zero-order valence-corrected chi connectivity index (χ0v) is 14.9. The number of hydrogen-bond acceptors (Lipinski definition) is 2. The molecule has 0 bridgehead atoms. The standard InChI is InChI=1S/C22H19F3O3/c23-22(24,25)18-10-6-16(7-11-18)20(2-1-3-21(26)27)17-8-12-19(13-9-17)28-14-15-4-5-15/h1-3,6-13,15H,4-5,14H2,(H,26,27)/b3-1+,20-2+. The Morgan fingerprint density at radius 2 is 1.61 bits per heavy atom. The lowest BCUT2D eigenvalue weighted by molar-refractivity contribution is -0.137. The summed E-state index contributed by atoms with van der Waals surface area (Å²) in [5.74, 6) is 0.249. The molecule has 2 aromatic carbocycles. The highest BCUT2D eigenvalue weighted by Gasteiger charge is 2.30. The molecule has 0 heterocycles. The second kappa shape index (κ2) is 8.33. The van der Waals surface area contributed by atoms with Gasteiger partial charge < -0.3 is 9.84 Å². The maximum Gasteiger partial charge on any atom is 0.416 e. The van der Waals surface area contributed by atoms with Crippen LogP contribution in [0.25, 0.3) is 5.57 Å². The summed E-state index contributed by atoms with van der Waals surface area (Å²) in [4.78, 5) is 10.7. The van der Waals surface area contributed by atoms with Crippen molar-refractivity contribution in [1.82, 2.24) is 0 Å². The van der Waals surface area contributed by atoms with Crippen LogP contribution in [0, 0.1) is 5.92 Å². The van der Waals surface area contributed by atoms with Gasteiger partial charge in [0.1, 0.15) is 5.75 Å². The van der Waals surface area contributed by atoms with Gasteiger partial charge in [0.05, 0.1) is 12.2 Å². The van der Waals surface area contributed by atoms with Gasteiger partial charge in [-0.25, -0.2) is 4.79 Å². The summed E-state index contributed by atoms with van der Waals surface area (Å²) < 4.78 is 44.1. The fourth-order valence-corrected chi connectivity index (χ4v) is 2.65. The van der Waals surface area contributed by atoms with E-state index in [0.29, 0.717) is 23.7 Å². The maximum atomic E-state index is 12.8. The molecule has 1 saturated carbocycles. The normalized spacial score (nSPS) is 15.0. The average Bonchev–Trinajstić information content (AvgIpc) is 3.48. The summed E-state index contributed by atoms with van der Waals surface area (Å²) in [6.07, 6.45) is 1.86. The molecular formula is C22H19F3O3. The number of halogens is 3. The van der Waals surface area contributed by atoms with Crippen molar-refractivity contribution in [3.8, 4) is 5.75 Å². The fraction of sp³-hybridized carbons (Fsp3) is 0.227. The number of carboxylic acid groups (broad SMARTS) is 1. The van der Waals surface area contributed by atoms with Crippen LogP contribution in [0.2, 0.25) is 0 Å². The minimum absolute atomic E-state index is 0.551. The smallest absolute Gasteiger partial charge is 0.416 e. The Kier molecular flexibility index (Phi) is 5.87. The summed E-state index contributed by atoms with van der Waals surface area (Å²) in [5, 5.41) is 8.78. The van der Waals surface area contributed by atoms with Gasteiger partial charge in [-0.1, -0.05) is 36.4 Å². The van der Waals surface area contributed by atoms with Crippen molar-refractivity contribution >= 4 is 11.5 Å². The third-order valence-corrected chi connectivity index (χ3v) is 4.37. The zero-order valence-electron chi connectivity index (χ0n) is 14.9. The fourth-order valence-electron chi connectivity index (χ4n) is 2.65. The summed E-state index contributed by atoms with van der Waals surface area (Å²) in [6, 6.07) is 12.0. The van der Waals surface area contributed by atoms with E-state index in [4.69, 9.17) is 9.84 Å². The number of hydrogen-bond donors (Lipinski definition) is 1. The first-order valence-corrected chi connectivity index (χ1v) is 8.85. The quantitative estimate of drug-likeness (QED) is 0.498. The number of benzene rings is 2. The summed E-state index contributed by atoms with van der Waals surface area (Å²) in [6.45, 7) is 0.683. The molecule has 0 aliphatic heterocycles. The molecule has 0 aromatic heterocycles. The lowest BCUT2D eigenvalue weighted by Gasteiger charge is -2.12. The largest absolute Gasteiger partial charge is 0.493 e. The molecule has 0 spiro atoms. The first-order valence-electron chi connectivity index (χ1n) is 8.85. The molecule has 1 aliphatic carbocycles. The van der Waals surface area contributed by atoms with Gasteiger partial charge >= 0.3 is 12.1 Å². The molecule has 3 nitrogen and oxygen atoms in total. The Morgan fingerprint density at radius 3 is 2.11 bits per heavy atom. The first kappa shape index (κ1) is 19.7. The molecule has 2 aromatic rings. The van der Waals surface area contributed by atoms with Crippen LogP contribution in [0.5, 0.6) is 5.75 Å². The van der Waals surface area contributed by atoms with Gasteiger partial charge in [0.25, 0.3) is 0 Å². The van der Waals surface area contributed by atoms with Crippen molar-refractivity contribution in [2.45, 2.75) is 19.0 Å². The van der Waals surface area contributed by atoms with Crippen LogP contribution in [0.1, 0.15) is 29.5 Å². The highest BCUT2D eigenvalue weighted by Crippen LogP contribution is 2.32. The van der Waals surface area contributed by atoms with E-state index < -0.39 is 17.7 Å². The summed E-state index contributed by atoms with van der Waals surface area (Å²) >= 11 is 0. The molecule has 0 saturated heterocycles. The number of carbonyl (C=O) groups is 1. The van der Waals surface area contributed by atoms with Gasteiger partial charge in [0.2, 0.25) is 0 Å². The van der Waals surface area contributed by atoms with Gasteiger partial charge in [-0.2, -0.15) is 13.2 Å². The van der Waals surface area contributed by atoms with Gasteiger partial charge in [-0.3, -0.25) is 0 Å². The summed E-state index contributed by atoms with van der Waals surface area (Å²) in [5.41, 5.74) is 1.17. The minimum atomic E-state index is -4.41. The van der Waals surface area contributed by atoms with Crippen molar-refractivity contribution in [3.05, 3.63) is 83.4 Å². The lowest BCUT2D eigenvalue weighted by atomic mass is 9.96. The van der Waals surface area contributed by atoms with Crippen LogP contribution >= 0.6 is 0 Å². The second-order valence-corrected chi connectivity index (χ2v) is 6.63. The van der Waals surface area contributed by atoms with Gasteiger partial charge in [0.15, 0.2) is 0 Å². The first-order chi connectivity index (χ1) is 13.3. The summed E-state index contributed by atoms with van der Waals surface area (Å²) in [7, 11) is 0. The average molecular weight is 388 g/mol. The van der Waals surface area contributed by atoms with Crippen LogP contribution < -0.4 is 4.74 Å². The Balaban J connectivity index is 1.87. The molecule has 0 amide bonds. The predicted octanol–water partition coefficient (Wildman–Crippen LogP) is 5.57. The van der Waals surface area contributed by atoms with Crippen molar-refractivity contribution in [2.24, 2.45) is 5.92 Å². The van der Waals surface area contributed by atoms with E-state index in [2.05, 4.69) is 0 Å². The van der Waals surface area contributed by atoms with Crippen LogP contribution in [0.15, 0.2) is 66.8 Å². The SMILES string of the molecule is O=C(O)/C=C/C=C(/c1ccc(OCC2CC2)cc1)c1ccc(C(F)(F)F)cc1. The van der Waals surface area contributed by atoms with Crippen LogP contribution in [0.3, 0.4) is 0 Å². The van der Waals surface area contributed by atoms with Crippen LogP contribution in [-0.2, 0) is 11.0 Å². The number of carboxylic acids is 1. The molecule has 6 heteroatoms. The number of rotatable bonds is 7. The van der Waals surface area contributed by atoms with E-state index in [1.807, 2.05) is 0 Å². The molecule has 3 rings (SSSR count). The predicted molar refractivity (Wildman–Crippen MR) is 100.0 cm³/mol. The minimum Gasteiger partial charge on any atom is -0.493 e. The highest BCUT2D eigenvalue weighted by molar-refractivity contribution is 5.84. The lowest BCUT2D eigenvalue weighted by Crippen LogP contribution is -2.04. The number of allylic oxidation sites excluding steroid dienone is 2. The van der Waals surface area contributed by atoms with E-state index in [-0.39, 0.29) is 0 Å². The van der Waals surface area contributed by atoms with Crippen molar-refractivity contribution in [2.75, 3.05) is 6.61 Å². The Labute approximate surface area is 160 Å². The van der Waals surface area contributed by atoms with Crippen LogP contribution in [-0.4, -0.2) is 17.7 Å². The highest BCUT2D eigenvalue weighted by atomic mass is 19.4. The van der Waals surface area contributed by atoms with E-state index in [9.17, 15) is 18.0 Å². The van der Waals surface area contributed by atoms with Crippen molar-refractivity contribution < 1.29 is 27.8 Å². The number of aliphatic carboxylic acids is 1. The molecular weight excluding hydrogens is 369 g/mol. The Morgan fingerprint density at radius 1 is 1.04 bits per heavy atom. The zero-order chi connectivity index (χ0) is 20.1. The number of alkyl halides is 3. The molecule has 1 fully saturated rings. The van der Waals surface area contributed by atoms with Crippen molar-refractivity contribution in [1.29, 1.82) is 0 Å². The topological polar surface area (TPSA) is 46.5 Å². The van der Waals surface area contributed by atoms with Gasteiger partial charge in [-0.15, -0.1) is 0 Å². The third-order valence-electron chi connectivity index (χ3n) is 4.37. The van der Waals surface area contributed by atoms with Gasteiger partial charge in [-0.05, 0) is 59.7 Å². The maximum absolute atomic E-state index is 12.8. The van der Waals surface area contributed by atoms with Crippen molar-refractivity contribution in [3.63, 3.8) is 0 Å². The molecule has 1 N–H and O–H groups in total.